The number of carbonyl (C=O) groups excluding carboxylic acids is 3. The predicted molar refractivity (Wildman–Crippen MR) is 101 cm³/mol. The summed E-state index contributed by atoms with van der Waals surface area (Å²) in [5.41, 5.74) is 1.03. The van der Waals surface area contributed by atoms with Crippen molar-refractivity contribution in [2.75, 3.05) is 39.1 Å². The Labute approximate surface area is 161 Å². The fraction of sp³-hybridized carbons (Fsp3) is 0.211. The van der Waals surface area contributed by atoms with Crippen LogP contribution in [0.2, 0.25) is 0 Å². The molecule has 0 unspecified atom stereocenters. The quantitative estimate of drug-likeness (QED) is 0.732. The molecule has 0 aliphatic rings. The summed E-state index contributed by atoms with van der Waals surface area (Å²) in [6.07, 6.45) is 0. The zero-order chi connectivity index (χ0) is 20.7. The third kappa shape index (κ3) is 4.70. The molecule has 2 aromatic carbocycles. The lowest BCUT2D eigenvalue weighted by Gasteiger charge is -2.12. The van der Waals surface area contributed by atoms with Crippen molar-refractivity contribution < 1.29 is 33.3 Å². The van der Waals surface area contributed by atoms with Gasteiger partial charge in [0.25, 0.3) is 0 Å². The summed E-state index contributed by atoms with van der Waals surface area (Å²) < 4.78 is 19.6. The van der Waals surface area contributed by atoms with Crippen molar-refractivity contribution in [1.29, 1.82) is 0 Å². The maximum Gasteiger partial charge on any atom is 0.341 e. The zero-order valence-corrected chi connectivity index (χ0v) is 15.8. The van der Waals surface area contributed by atoms with Crippen molar-refractivity contribution in [3.05, 3.63) is 47.5 Å². The van der Waals surface area contributed by atoms with Gasteiger partial charge in [-0.05, 0) is 36.4 Å². The van der Waals surface area contributed by atoms with Crippen molar-refractivity contribution in [1.82, 2.24) is 0 Å². The molecule has 0 saturated carbocycles. The van der Waals surface area contributed by atoms with Crippen molar-refractivity contribution >= 4 is 29.3 Å². The number of benzene rings is 2. The first-order valence-corrected chi connectivity index (χ1v) is 8.04. The van der Waals surface area contributed by atoms with Crippen LogP contribution in [0.25, 0.3) is 0 Å². The van der Waals surface area contributed by atoms with Crippen molar-refractivity contribution in [3.63, 3.8) is 0 Å². The van der Waals surface area contributed by atoms with Gasteiger partial charge < -0.3 is 29.6 Å². The summed E-state index contributed by atoms with van der Waals surface area (Å²) in [6.45, 7) is 0. The number of anilines is 2. The van der Waals surface area contributed by atoms with E-state index in [1.54, 1.807) is 12.1 Å². The zero-order valence-electron chi connectivity index (χ0n) is 15.8. The number of esters is 2. The van der Waals surface area contributed by atoms with Crippen molar-refractivity contribution in [3.8, 4) is 11.5 Å². The molecule has 148 valence electrons. The molecule has 0 radical (unpaired) electrons. The summed E-state index contributed by atoms with van der Waals surface area (Å²) in [5, 5.41) is 5.18. The van der Waals surface area contributed by atoms with Gasteiger partial charge in [-0.3, -0.25) is 0 Å². The lowest BCUT2D eigenvalue weighted by molar-refractivity contribution is 0.0588. The summed E-state index contributed by atoms with van der Waals surface area (Å²) in [4.78, 5) is 35.9. The molecule has 0 aliphatic carbocycles. The Hall–Kier alpha value is -3.75. The maximum absolute atomic E-state index is 12.3. The number of hydrogen-bond donors (Lipinski definition) is 2. The normalized spacial score (nSPS) is 9.86. The van der Waals surface area contributed by atoms with Crippen LogP contribution in [0, 0.1) is 0 Å². The molecule has 28 heavy (non-hydrogen) atoms. The summed E-state index contributed by atoms with van der Waals surface area (Å²) in [6, 6.07) is 8.48. The summed E-state index contributed by atoms with van der Waals surface area (Å²) >= 11 is 0. The van der Waals surface area contributed by atoms with Crippen LogP contribution in [0.3, 0.4) is 0 Å². The molecule has 0 aliphatic heterocycles. The monoisotopic (exact) mass is 388 g/mol. The molecule has 0 atom stereocenters. The molecule has 0 saturated heterocycles. The van der Waals surface area contributed by atoms with E-state index >= 15 is 0 Å². The first-order valence-electron chi connectivity index (χ1n) is 8.04. The van der Waals surface area contributed by atoms with Crippen LogP contribution in [-0.2, 0) is 9.47 Å². The van der Waals surface area contributed by atoms with Gasteiger partial charge in [-0.25, -0.2) is 14.4 Å². The number of amides is 2. The third-order valence-corrected chi connectivity index (χ3v) is 3.73. The van der Waals surface area contributed by atoms with E-state index in [0.29, 0.717) is 22.9 Å². The van der Waals surface area contributed by atoms with Crippen LogP contribution < -0.4 is 20.1 Å². The molecule has 9 heteroatoms. The van der Waals surface area contributed by atoms with E-state index in [-0.39, 0.29) is 11.1 Å². The average molecular weight is 388 g/mol. The Bertz CT molecular complexity index is 824. The molecular weight excluding hydrogens is 368 g/mol. The van der Waals surface area contributed by atoms with Gasteiger partial charge in [0.2, 0.25) is 0 Å². The van der Waals surface area contributed by atoms with Crippen LogP contribution in [0.4, 0.5) is 16.2 Å². The molecule has 0 spiro atoms. The van der Waals surface area contributed by atoms with Gasteiger partial charge in [0, 0.05) is 11.4 Å². The Morgan fingerprint density at radius 1 is 0.679 bits per heavy atom. The van der Waals surface area contributed by atoms with Gasteiger partial charge in [0.1, 0.15) is 22.6 Å². The van der Waals surface area contributed by atoms with Gasteiger partial charge in [0.05, 0.1) is 28.4 Å². The molecule has 2 aromatic rings. The fourth-order valence-corrected chi connectivity index (χ4v) is 2.40. The highest BCUT2D eigenvalue weighted by atomic mass is 16.5. The van der Waals surface area contributed by atoms with E-state index in [0.717, 1.165) is 0 Å². The Morgan fingerprint density at radius 2 is 1.07 bits per heavy atom. The van der Waals surface area contributed by atoms with Crippen LogP contribution in [0.5, 0.6) is 11.5 Å². The second-order valence-corrected chi connectivity index (χ2v) is 5.39. The number of carbonyl (C=O) groups is 3. The largest absolute Gasteiger partial charge is 0.496 e. The molecule has 0 bridgehead atoms. The van der Waals surface area contributed by atoms with Crippen LogP contribution in [0.15, 0.2) is 36.4 Å². The first kappa shape index (κ1) is 20.6. The Balaban J connectivity index is 2.18. The summed E-state index contributed by atoms with van der Waals surface area (Å²) in [7, 11) is 5.34. The number of hydrogen-bond acceptors (Lipinski definition) is 7. The van der Waals surface area contributed by atoms with Gasteiger partial charge in [-0.2, -0.15) is 0 Å². The molecule has 2 N–H and O–H groups in total. The van der Waals surface area contributed by atoms with Gasteiger partial charge in [-0.15, -0.1) is 0 Å². The number of rotatable bonds is 6. The third-order valence-electron chi connectivity index (χ3n) is 3.73. The highest BCUT2D eigenvalue weighted by molar-refractivity contribution is 6.02. The maximum atomic E-state index is 12.3. The van der Waals surface area contributed by atoms with E-state index in [2.05, 4.69) is 10.6 Å². The predicted octanol–water partition coefficient (Wildman–Crippen LogP) is 2.92. The van der Waals surface area contributed by atoms with E-state index in [4.69, 9.17) is 18.9 Å². The molecule has 0 heterocycles. The first-order chi connectivity index (χ1) is 13.4. The highest BCUT2D eigenvalue weighted by Gasteiger charge is 2.16. The topological polar surface area (TPSA) is 112 Å². The van der Waals surface area contributed by atoms with E-state index in [1.165, 1.54) is 52.7 Å². The minimum atomic E-state index is -0.598. The van der Waals surface area contributed by atoms with E-state index in [9.17, 15) is 14.4 Å². The van der Waals surface area contributed by atoms with E-state index < -0.39 is 18.0 Å². The molecule has 2 amide bonds. The van der Waals surface area contributed by atoms with Crippen LogP contribution >= 0.6 is 0 Å². The minimum Gasteiger partial charge on any atom is -0.496 e. The van der Waals surface area contributed by atoms with Gasteiger partial charge in [0.15, 0.2) is 0 Å². The number of ether oxygens (including phenoxy) is 4. The molecular formula is C19H20N2O7. The number of urea groups is 1. The lowest BCUT2D eigenvalue weighted by atomic mass is 10.1. The Morgan fingerprint density at radius 3 is 1.39 bits per heavy atom. The average Bonchev–Trinajstić information content (AvgIpc) is 2.72. The van der Waals surface area contributed by atoms with Gasteiger partial charge in [-0.1, -0.05) is 0 Å². The number of nitrogens with one attached hydrogen (secondary N) is 2. The second-order valence-electron chi connectivity index (χ2n) is 5.39. The Kier molecular flexibility index (Phi) is 6.80. The number of methoxy groups -OCH3 is 4. The smallest absolute Gasteiger partial charge is 0.341 e. The van der Waals surface area contributed by atoms with Crippen molar-refractivity contribution in [2.45, 2.75) is 0 Å². The standard InChI is InChI=1S/C19H20N2O7/c1-25-15-7-5-11(9-13(15)17(22)27-3)20-19(24)21-12-6-8-16(26-2)14(10-12)18(23)28-4/h5-10H,1-4H3,(H2,20,21,24). The SMILES string of the molecule is COC(=O)c1cc(NC(=O)Nc2ccc(OC)c(C(=O)OC)c2)ccc1OC. The minimum absolute atomic E-state index is 0.167. The molecule has 0 aromatic heterocycles. The molecule has 2 rings (SSSR count). The van der Waals surface area contributed by atoms with Crippen molar-refractivity contribution in [2.24, 2.45) is 0 Å². The molecule has 0 fully saturated rings. The summed E-state index contributed by atoms with van der Waals surface area (Å²) in [5.74, 6) is -0.566. The van der Waals surface area contributed by atoms with Gasteiger partial charge >= 0.3 is 18.0 Å². The second kappa shape index (κ2) is 9.26. The lowest BCUT2D eigenvalue weighted by Crippen LogP contribution is -2.20. The van der Waals surface area contributed by atoms with Crippen LogP contribution in [-0.4, -0.2) is 46.4 Å². The fourth-order valence-electron chi connectivity index (χ4n) is 2.40. The van der Waals surface area contributed by atoms with E-state index in [1.807, 2.05) is 0 Å². The molecule has 9 nitrogen and oxygen atoms in total. The van der Waals surface area contributed by atoms with Crippen LogP contribution in [0.1, 0.15) is 20.7 Å². The highest BCUT2D eigenvalue weighted by Crippen LogP contribution is 2.25.